The molecule has 2 aromatic rings. The number of ether oxygens (including phenoxy) is 1. The summed E-state index contributed by atoms with van der Waals surface area (Å²) in [4.78, 5) is 29.7. The Morgan fingerprint density at radius 1 is 1.26 bits per heavy atom. The summed E-state index contributed by atoms with van der Waals surface area (Å²) in [5.74, 6) is -0.682. The van der Waals surface area contributed by atoms with Crippen LogP contribution in [-0.4, -0.2) is 23.5 Å². The van der Waals surface area contributed by atoms with Crippen LogP contribution in [0.2, 0.25) is 0 Å². The number of pyridine rings is 1. The normalized spacial score (nSPS) is 10.4. The number of thiophene rings is 1. The van der Waals surface area contributed by atoms with Gasteiger partial charge in [0.05, 0.1) is 17.7 Å². The summed E-state index contributed by atoms with van der Waals surface area (Å²) >= 11 is 1.39. The number of carbonyl (C=O) groups is 2. The molecule has 1 amide bonds. The van der Waals surface area contributed by atoms with Gasteiger partial charge in [-0.25, -0.2) is 4.79 Å². The number of esters is 1. The predicted octanol–water partition coefficient (Wildman–Crippen LogP) is 3.75. The van der Waals surface area contributed by atoms with Gasteiger partial charge in [-0.05, 0) is 44.9 Å². The molecule has 23 heavy (non-hydrogen) atoms. The van der Waals surface area contributed by atoms with Gasteiger partial charge in [-0.1, -0.05) is 6.92 Å². The average Bonchev–Trinajstić information content (AvgIpc) is 2.83. The number of carbonyl (C=O) groups excluding carboxylic acids is 2. The molecule has 2 rings (SSSR count). The number of anilines is 1. The minimum atomic E-state index is -0.397. The van der Waals surface area contributed by atoms with E-state index in [1.807, 2.05) is 20.8 Å². The minimum absolute atomic E-state index is 0.285. The van der Waals surface area contributed by atoms with Crippen molar-refractivity contribution >= 4 is 28.2 Å². The Morgan fingerprint density at radius 2 is 2.00 bits per heavy atom. The molecular formula is C17H20N2O3S. The first-order chi connectivity index (χ1) is 11.0. The second-order valence-corrected chi connectivity index (χ2v) is 6.28. The first kappa shape index (κ1) is 17.1. The third kappa shape index (κ3) is 3.76. The van der Waals surface area contributed by atoms with Crippen LogP contribution in [0.15, 0.2) is 18.3 Å². The van der Waals surface area contributed by atoms with Crippen LogP contribution in [0.1, 0.15) is 50.7 Å². The Kier molecular flexibility index (Phi) is 5.50. The molecule has 0 fully saturated rings. The summed E-state index contributed by atoms with van der Waals surface area (Å²) in [5.41, 5.74) is 2.68. The summed E-state index contributed by atoms with van der Waals surface area (Å²) in [6.45, 7) is 7.84. The number of nitrogens with one attached hydrogen (secondary N) is 1. The van der Waals surface area contributed by atoms with E-state index in [0.29, 0.717) is 29.2 Å². The first-order valence-electron chi connectivity index (χ1n) is 7.51. The van der Waals surface area contributed by atoms with E-state index in [2.05, 4.69) is 10.3 Å². The third-order valence-electron chi connectivity index (χ3n) is 3.44. The highest BCUT2D eigenvalue weighted by atomic mass is 32.1. The number of hydrogen-bond acceptors (Lipinski definition) is 5. The van der Waals surface area contributed by atoms with Crippen molar-refractivity contribution in [2.75, 3.05) is 11.9 Å². The van der Waals surface area contributed by atoms with E-state index in [4.69, 9.17) is 4.74 Å². The highest BCUT2D eigenvalue weighted by Gasteiger charge is 2.23. The second-order valence-electron chi connectivity index (χ2n) is 5.06. The molecule has 0 saturated carbocycles. The molecular weight excluding hydrogens is 312 g/mol. The summed E-state index contributed by atoms with van der Waals surface area (Å²) in [6, 6.07) is 3.49. The number of rotatable bonds is 5. The largest absolute Gasteiger partial charge is 0.462 e. The smallest absolute Gasteiger partial charge is 0.341 e. The van der Waals surface area contributed by atoms with E-state index in [1.165, 1.54) is 17.5 Å². The summed E-state index contributed by atoms with van der Waals surface area (Å²) < 4.78 is 5.13. The number of nitrogens with zero attached hydrogens (tertiary/aromatic N) is 1. The molecule has 0 aliphatic rings. The molecule has 0 atom stereocenters. The van der Waals surface area contributed by atoms with Crippen LogP contribution in [0, 0.1) is 13.8 Å². The Labute approximate surface area is 139 Å². The maximum atomic E-state index is 12.4. The lowest BCUT2D eigenvalue weighted by Crippen LogP contribution is -2.15. The molecule has 122 valence electrons. The van der Waals surface area contributed by atoms with Crippen LogP contribution >= 0.6 is 11.3 Å². The standard InChI is InChI=1S/C17H20N2O3S/c1-5-13-11(4)23-16(14(13)17(21)22-6-2)19-15(20)12-8-7-10(3)18-9-12/h7-9H,5-6H2,1-4H3,(H,19,20). The second kappa shape index (κ2) is 7.37. The van der Waals surface area contributed by atoms with Gasteiger partial charge in [-0.15, -0.1) is 11.3 Å². The molecule has 6 heteroatoms. The molecule has 0 aliphatic carbocycles. The quantitative estimate of drug-likeness (QED) is 0.847. The van der Waals surface area contributed by atoms with Crippen LogP contribution < -0.4 is 5.32 Å². The van der Waals surface area contributed by atoms with Gasteiger partial charge in [0, 0.05) is 16.8 Å². The number of aryl methyl sites for hydroxylation is 2. The van der Waals surface area contributed by atoms with Gasteiger partial charge in [0.25, 0.3) is 5.91 Å². The Balaban J connectivity index is 2.33. The lowest BCUT2D eigenvalue weighted by molar-refractivity contribution is 0.0527. The molecule has 0 bridgehead atoms. The molecule has 5 nitrogen and oxygen atoms in total. The summed E-state index contributed by atoms with van der Waals surface area (Å²) in [5, 5.41) is 3.35. The van der Waals surface area contributed by atoms with Gasteiger partial charge in [0.15, 0.2) is 0 Å². The van der Waals surface area contributed by atoms with Crippen LogP contribution in [0.25, 0.3) is 0 Å². The monoisotopic (exact) mass is 332 g/mol. The van der Waals surface area contributed by atoms with Crippen molar-refractivity contribution in [3.05, 3.63) is 45.6 Å². The van der Waals surface area contributed by atoms with Crippen molar-refractivity contribution in [2.45, 2.75) is 34.1 Å². The minimum Gasteiger partial charge on any atom is -0.462 e. The molecule has 2 aromatic heterocycles. The number of hydrogen-bond donors (Lipinski definition) is 1. The topological polar surface area (TPSA) is 68.3 Å². The molecule has 0 unspecified atom stereocenters. The van der Waals surface area contributed by atoms with Gasteiger partial charge in [0.2, 0.25) is 0 Å². The highest BCUT2D eigenvalue weighted by Crippen LogP contribution is 2.34. The fourth-order valence-corrected chi connectivity index (χ4v) is 3.42. The summed E-state index contributed by atoms with van der Waals surface area (Å²) in [6.07, 6.45) is 2.23. The van der Waals surface area contributed by atoms with Crippen molar-refractivity contribution in [2.24, 2.45) is 0 Å². The van der Waals surface area contributed by atoms with Crippen molar-refractivity contribution in [1.29, 1.82) is 0 Å². The van der Waals surface area contributed by atoms with E-state index in [1.54, 1.807) is 19.1 Å². The van der Waals surface area contributed by atoms with Crippen molar-refractivity contribution in [3.63, 3.8) is 0 Å². The molecule has 0 aliphatic heterocycles. The summed E-state index contributed by atoms with van der Waals surface area (Å²) in [7, 11) is 0. The van der Waals surface area contributed by atoms with Gasteiger partial charge in [0.1, 0.15) is 5.00 Å². The zero-order valence-corrected chi connectivity index (χ0v) is 14.5. The van der Waals surface area contributed by atoms with Crippen molar-refractivity contribution < 1.29 is 14.3 Å². The van der Waals surface area contributed by atoms with E-state index in [9.17, 15) is 9.59 Å². The Hall–Kier alpha value is -2.21. The van der Waals surface area contributed by atoms with Crippen LogP contribution in [0.5, 0.6) is 0 Å². The zero-order chi connectivity index (χ0) is 17.0. The third-order valence-corrected chi connectivity index (χ3v) is 4.51. The molecule has 0 saturated heterocycles. The Morgan fingerprint density at radius 3 is 2.57 bits per heavy atom. The van der Waals surface area contributed by atoms with Crippen molar-refractivity contribution in [3.8, 4) is 0 Å². The highest BCUT2D eigenvalue weighted by molar-refractivity contribution is 7.16. The fraction of sp³-hybridized carbons (Fsp3) is 0.353. The predicted molar refractivity (Wildman–Crippen MR) is 91.3 cm³/mol. The molecule has 0 radical (unpaired) electrons. The SMILES string of the molecule is CCOC(=O)c1c(NC(=O)c2ccc(C)nc2)sc(C)c1CC. The van der Waals surface area contributed by atoms with Gasteiger partial charge < -0.3 is 10.1 Å². The maximum Gasteiger partial charge on any atom is 0.341 e. The van der Waals surface area contributed by atoms with Crippen LogP contribution in [-0.2, 0) is 11.2 Å². The Bertz CT molecular complexity index is 720. The van der Waals surface area contributed by atoms with Crippen LogP contribution in [0.3, 0.4) is 0 Å². The number of amides is 1. The fourth-order valence-electron chi connectivity index (χ4n) is 2.29. The van der Waals surface area contributed by atoms with E-state index in [0.717, 1.165) is 16.1 Å². The van der Waals surface area contributed by atoms with Crippen LogP contribution in [0.4, 0.5) is 5.00 Å². The lowest BCUT2D eigenvalue weighted by Gasteiger charge is -2.08. The molecule has 1 N–H and O–H groups in total. The zero-order valence-electron chi connectivity index (χ0n) is 13.7. The van der Waals surface area contributed by atoms with Gasteiger partial charge in [-0.3, -0.25) is 9.78 Å². The van der Waals surface area contributed by atoms with Crippen molar-refractivity contribution in [1.82, 2.24) is 4.98 Å². The van der Waals surface area contributed by atoms with E-state index >= 15 is 0 Å². The molecule has 2 heterocycles. The maximum absolute atomic E-state index is 12.4. The average molecular weight is 332 g/mol. The molecule has 0 spiro atoms. The van der Waals surface area contributed by atoms with Gasteiger partial charge >= 0.3 is 5.97 Å². The van der Waals surface area contributed by atoms with Gasteiger partial charge in [-0.2, -0.15) is 0 Å². The lowest BCUT2D eigenvalue weighted by atomic mass is 10.1. The molecule has 0 aromatic carbocycles. The van der Waals surface area contributed by atoms with E-state index in [-0.39, 0.29) is 5.91 Å². The number of aromatic nitrogens is 1. The van der Waals surface area contributed by atoms with E-state index < -0.39 is 5.97 Å². The first-order valence-corrected chi connectivity index (χ1v) is 8.32.